The van der Waals surface area contributed by atoms with E-state index in [9.17, 15) is 0 Å². The van der Waals surface area contributed by atoms with Crippen molar-refractivity contribution in [3.05, 3.63) is 54.4 Å². The quantitative estimate of drug-likeness (QED) is 0.456. The first kappa shape index (κ1) is 21.9. The Morgan fingerprint density at radius 2 is 1.73 bits per heavy atom. The number of nitrogens with two attached hydrogens (primary N) is 1. The van der Waals surface area contributed by atoms with Crippen molar-refractivity contribution < 1.29 is 4.74 Å². The molecule has 158 valence electrons. The Morgan fingerprint density at radius 3 is 2.40 bits per heavy atom. The summed E-state index contributed by atoms with van der Waals surface area (Å²) in [4.78, 5) is 16.9. The van der Waals surface area contributed by atoms with Crippen LogP contribution < -0.4 is 16.0 Å². The monoisotopic (exact) mass is 424 g/mol. The van der Waals surface area contributed by atoms with Crippen molar-refractivity contribution in [2.24, 2.45) is 0 Å². The number of ether oxygens (including phenoxy) is 1. The number of aryl methyl sites for hydroxylation is 1. The van der Waals surface area contributed by atoms with Gasteiger partial charge < -0.3 is 20.7 Å². The van der Waals surface area contributed by atoms with Gasteiger partial charge in [-0.1, -0.05) is 25.6 Å². The topological polar surface area (TPSA) is 89.2 Å². The number of pyridine rings is 1. The molecule has 0 atom stereocenters. The summed E-state index contributed by atoms with van der Waals surface area (Å²) in [7, 11) is 0. The maximum atomic E-state index is 5.76. The zero-order valence-electron chi connectivity index (χ0n) is 17.6. The zero-order chi connectivity index (χ0) is 21.3. The fraction of sp³-hybridized carbons (Fsp3) is 0.318. The molecule has 3 N–H and O–H groups in total. The maximum absolute atomic E-state index is 5.76. The number of nitrogens with one attached hydrogen (secondary N) is 1. The maximum Gasteiger partial charge on any atom is 0.228 e. The van der Waals surface area contributed by atoms with Crippen molar-refractivity contribution in [2.75, 3.05) is 42.3 Å². The molecule has 3 aromatic rings. The fourth-order valence-corrected chi connectivity index (χ4v) is 3.65. The lowest BCUT2D eigenvalue weighted by Gasteiger charge is -2.27. The molecule has 1 fully saturated rings. The van der Waals surface area contributed by atoms with Crippen LogP contribution in [0.25, 0.3) is 0 Å². The summed E-state index contributed by atoms with van der Waals surface area (Å²) in [6, 6.07) is 11.8. The van der Waals surface area contributed by atoms with Gasteiger partial charge in [-0.3, -0.25) is 0 Å². The largest absolute Gasteiger partial charge is 0.399 e. The summed E-state index contributed by atoms with van der Waals surface area (Å²) in [6.45, 7) is 9.22. The van der Waals surface area contributed by atoms with Crippen LogP contribution in [0.5, 0.6) is 0 Å². The number of benzene rings is 1. The molecule has 0 radical (unpaired) electrons. The molecule has 1 aliphatic heterocycles. The summed E-state index contributed by atoms with van der Waals surface area (Å²) in [5, 5.41) is 4.14. The van der Waals surface area contributed by atoms with E-state index in [-0.39, 0.29) is 0 Å². The molecule has 3 heterocycles. The van der Waals surface area contributed by atoms with E-state index in [1.165, 1.54) is 0 Å². The first-order valence-corrected chi connectivity index (χ1v) is 10.9. The molecule has 1 saturated heterocycles. The van der Waals surface area contributed by atoms with Crippen LogP contribution in [0.4, 0.5) is 23.1 Å². The molecule has 0 aliphatic carbocycles. The lowest BCUT2D eigenvalue weighted by molar-refractivity contribution is 0.122. The van der Waals surface area contributed by atoms with E-state index in [1.807, 2.05) is 63.4 Å². The summed E-state index contributed by atoms with van der Waals surface area (Å²) < 4.78 is 5.39. The minimum Gasteiger partial charge on any atom is -0.399 e. The molecule has 0 unspecified atom stereocenters. The first-order valence-electron chi connectivity index (χ1n) is 10.1. The van der Waals surface area contributed by atoms with Gasteiger partial charge in [0, 0.05) is 35.4 Å². The molecule has 0 saturated carbocycles. The average molecular weight is 425 g/mol. The highest BCUT2D eigenvalue weighted by atomic mass is 32.2. The van der Waals surface area contributed by atoms with Gasteiger partial charge in [-0.25, -0.2) is 15.0 Å². The second kappa shape index (κ2) is 10.8. The number of nitrogen functional groups attached to an aromatic ring is 1. The summed E-state index contributed by atoms with van der Waals surface area (Å²) in [5.41, 5.74) is 8.38. The van der Waals surface area contributed by atoms with Gasteiger partial charge >= 0.3 is 0 Å². The molecular formula is C22H28N6OS. The Morgan fingerprint density at radius 1 is 1.00 bits per heavy atom. The first-order chi connectivity index (χ1) is 14.7. The minimum atomic E-state index is 0.546. The lowest BCUT2D eigenvalue weighted by Crippen LogP contribution is -2.36. The number of morpholine rings is 1. The van der Waals surface area contributed by atoms with Crippen molar-refractivity contribution >= 4 is 34.9 Å². The van der Waals surface area contributed by atoms with E-state index < -0.39 is 0 Å². The smallest absolute Gasteiger partial charge is 0.228 e. The Labute approximate surface area is 182 Å². The molecule has 8 heteroatoms. The van der Waals surface area contributed by atoms with Gasteiger partial charge in [0.15, 0.2) is 0 Å². The van der Waals surface area contributed by atoms with Gasteiger partial charge in [-0.05, 0) is 43.3 Å². The van der Waals surface area contributed by atoms with Crippen LogP contribution in [0.1, 0.15) is 19.4 Å². The number of rotatable bonds is 5. The summed E-state index contributed by atoms with van der Waals surface area (Å²) in [5.74, 6) is 1.50. The zero-order valence-corrected chi connectivity index (χ0v) is 18.4. The number of nitrogens with zero attached hydrogens (tertiary/aromatic N) is 4. The molecule has 0 spiro atoms. The third-order valence-corrected chi connectivity index (χ3v) is 5.47. The van der Waals surface area contributed by atoms with Crippen molar-refractivity contribution in [3.63, 3.8) is 0 Å². The van der Waals surface area contributed by atoms with Crippen molar-refractivity contribution in [1.82, 2.24) is 15.0 Å². The van der Waals surface area contributed by atoms with Gasteiger partial charge in [-0.2, -0.15) is 0 Å². The van der Waals surface area contributed by atoms with Gasteiger partial charge in [0.2, 0.25) is 5.95 Å². The van der Waals surface area contributed by atoms with E-state index in [0.29, 0.717) is 5.95 Å². The molecule has 7 nitrogen and oxygen atoms in total. The summed E-state index contributed by atoms with van der Waals surface area (Å²) >= 11 is 1.59. The van der Waals surface area contributed by atoms with E-state index in [2.05, 4.69) is 25.2 Å². The van der Waals surface area contributed by atoms with Crippen molar-refractivity contribution in [2.45, 2.75) is 30.7 Å². The minimum absolute atomic E-state index is 0.546. The predicted molar refractivity (Wildman–Crippen MR) is 124 cm³/mol. The number of hydrogen-bond acceptors (Lipinski definition) is 8. The van der Waals surface area contributed by atoms with Crippen LogP contribution in [-0.4, -0.2) is 41.3 Å². The van der Waals surface area contributed by atoms with E-state index >= 15 is 0 Å². The standard InChI is InChI=1S/C20H22N6OS.C2H6/c1-14-12-23-20(25-19(14)28-17-5-2-15(21)3-6-17)24-16-4-7-18(22-13-16)26-8-10-27-11-9-26;1-2/h2-7,12-13H,8-11,21H2,1H3,(H,23,24,25);1-2H3. The normalized spacial score (nSPS) is 13.4. The SMILES string of the molecule is CC.Cc1cnc(Nc2ccc(N3CCOCC3)nc2)nc1Sc1ccc(N)cc1. The number of anilines is 4. The molecule has 0 amide bonds. The molecule has 1 aliphatic rings. The van der Waals surface area contributed by atoms with Crippen LogP contribution in [-0.2, 0) is 4.74 Å². The molecular weight excluding hydrogens is 396 g/mol. The van der Waals surface area contributed by atoms with Crippen LogP contribution in [0.2, 0.25) is 0 Å². The van der Waals surface area contributed by atoms with E-state index in [4.69, 9.17) is 10.5 Å². The second-order valence-electron chi connectivity index (χ2n) is 6.48. The summed E-state index contributed by atoms with van der Waals surface area (Å²) in [6.07, 6.45) is 3.63. The van der Waals surface area contributed by atoms with E-state index in [1.54, 1.807) is 18.0 Å². The number of aromatic nitrogens is 3. The third kappa shape index (κ3) is 5.84. The van der Waals surface area contributed by atoms with Gasteiger partial charge in [0.05, 0.1) is 25.1 Å². The Kier molecular flexibility index (Phi) is 7.87. The average Bonchev–Trinajstić information content (AvgIpc) is 2.80. The van der Waals surface area contributed by atoms with Crippen LogP contribution in [0.15, 0.2) is 58.7 Å². The molecule has 1 aromatic carbocycles. The van der Waals surface area contributed by atoms with Gasteiger partial charge in [0.25, 0.3) is 0 Å². The molecule has 2 aromatic heterocycles. The Bertz CT molecular complexity index is 927. The lowest BCUT2D eigenvalue weighted by atomic mass is 10.3. The third-order valence-electron chi connectivity index (χ3n) is 4.36. The van der Waals surface area contributed by atoms with Crippen LogP contribution >= 0.6 is 11.8 Å². The van der Waals surface area contributed by atoms with Gasteiger partial charge in [0.1, 0.15) is 10.8 Å². The van der Waals surface area contributed by atoms with E-state index in [0.717, 1.165) is 59.0 Å². The second-order valence-corrected chi connectivity index (χ2v) is 7.54. The Hall–Kier alpha value is -2.84. The van der Waals surface area contributed by atoms with Crippen LogP contribution in [0, 0.1) is 6.92 Å². The molecule has 0 bridgehead atoms. The van der Waals surface area contributed by atoms with Gasteiger partial charge in [-0.15, -0.1) is 0 Å². The molecule has 30 heavy (non-hydrogen) atoms. The van der Waals surface area contributed by atoms with Crippen molar-refractivity contribution in [3.8, 4) is 0 Å². The highest BCUT2D eigenvalue weighted by molar-refractivity contribution is 7.99. The Balaban J connectivity index is 0.00000124. The van der Waals surface area contributed by atoms with Crippen LogP contribution in [0.3, 0.4) is 0 Å². The predicted octanol–water partition coefficient (Wildman–Crippen LogP) is 4.52. The fourth-order valence-electron chi connectivity index (χ4n) is 2.81. The van der Waals surface area contributed by atoms with Crippen molar-refractivity contribution in [1.29, 1.82) is 0 Å². The highest BCUT2D eigenvalue weighted by Crippen LogP contribution is 2.30. The number of hydrogen-bond donors (Lipinski definition) is 2. The highest BCUT2D eigenvalue weighted by Gasteiger charge is 2.12. The molecule has 4 rings (SSSR count).